The SMILES string of the molecule is COCCc1nnc(NC(=O)C2(Cc3cc(-c4ccc(C)cc4)no3)CCOCC2)s1. The van der Waals surface area contributed by atoms with Gasteiger partial charge in [-0.2, -0.15) is 0 Å². The normalized spacial score (nSPS) is 15.7. The maximum absolute atomic E-state index is 13.3. The summed E-state index contributed by atoms with van der Waals surface area (Å²) in [6.07, 6.45) is 2.34. The number of carbonyl (C=O) groups is 1. The highest BCUT2D eigenvalue weighted by Gasteiger charge is 2.41. The fourth-order valence-corrected chi connectivity index (χ4v) is 4.38. The van der Waals surface area contributed by atoms with Gasteiger partial charge in [-0.1, -0.05) is 46.3 Å². The van der Waals surface area contributed by atoms with Crippen molar-refractivity contribution in [1.29, 1.82) is 0 Å². The zero-order valence-electron chi connectivity index (χ0n) is 17.7. The molecule has 0 radical (unpaired) electrons. The van der Waals surface area contributed by atoms with Crippen LogP contribution in [0, 0.1) is 12.3 Å². The number of hydrogen-bond acceptors (Lipinski definition) is 8. The highest BCUT2D eigenvalue weighted by atomic mass is 32.1. The van der Waals surface area contributed by atoms with E-state index in [4.69, 9.17) is 14.0 Å². The Morgan fingerprint density at radius 3 is 2.74 bits per heavy atom. The number of ether oxygens (including phenoxy) is 2. The standard InChI is InChI=1S/C22H26N4O4S/c1-15-3-5-16(6-4-15)18-13-17(30-26-18)14-22(8-11-29-12-9-22)20(27)23-21-25-24-19(31-21)7-10-28-2/h3-6,13H,7-12,14H2,1-2H3,(H,23,25,27). The Morgan fingerprint density at radius 2 is 2.00 bits per heavy atom. The first-order valence-electron chi connectivity index (χ1n) is 10.3. The van der Waals surface area contributed by atoms with Crippen LogP contribution in [-0.2, 0) is 27.1 Å². The molecule has 0 bridgehead atoms. The molecule has 0 spiro atoms. The molecule has 3 heterocycles. The van der Waals surface area contributed by atoms with Crippen LogP contribution in [-0.4, -0.2) is 48.2 Å². The first-order valence-corrected chi connectivity index (χ1v) is 11.1. The van der Waals surface area contributed by atoms with Crippen LogP contribution in [0.1, 0.15) is 29.2 Å². The summed E-state index contributed by atoms with van der Waals surface area (Å²) >= 11 is 1.37. The van der Waals surface area contributed by atoms with Crippen LogP contribution in [0.4, 0.5) is 5.13 Å². The minimum atomic E-state index is -0.638. The summed E-state index contributed by atoms with van der Waals surface area (Å²) in [5.74, 6) is 0.601. The highest BCUT2D eigenvalue weighted by Crippen LogP contribution is 2.37. The average molecular weight is 443 g/mol. The predicted octanol–water partition coefficient (Wildman–Crippen LogP) is 3.67. The van der Waals surface area contributed by atoms with Gasteiger partial charge >= 0.3 is 0 Å². The van der Waals surface area contributed by atoms with Gasteiger partial charge < -0.3 is 19.3 Å². The molecule has 1 amide bonds. The summed E-state index contributed by atoms with van der Waals surface area (Å²) in [6.45, 7) is 3.67. The molecular formula is C22H26N4O4S. The molecule has 1 saturated heterocycles. The van der Waals surface area contributed by atoms with E-state index in [9.17, 15) is 4.79 Å². The maximum Gasteiger partial charge on any atom is 0.233 e. The van der Waals surface area contributed by atoms with Crippen molar-refractivity contribution in [1.82, 2.24) is 15.4 Å². The van der Waals surface area contributed by atoms with Crippen molar-refractivity contribution < 1.29 is 18.8 Å². The first kappa shape index (κ1) is 21.6. The van der Waals surface area contributed by atoms with E-state index in [-0.39, 0.29) is 5.91 Å². The number of nitrogens with one attached hydrogen (secondary N) is 1. The van der Waals surface area contributed by atoms with Crippen molar-refractivity contribution in [2.24, 2.45) is 5.41 Å². The first-order chi connectivity index (χ1) is 15.1. The third kappa shape index (κ3) is 5.17. The minimum absolute atomic E-state index is 0.0847. The second-order valence-electron chi connectivity index (χ2n) is 7.81. The monoisotopic (exact) mass is 442 g/mol. The fourth-order valence-electron chi connectivity index (χ4n) is 3.66. The molecular weight excluding hydrogens is 416 g/mol. The van der Waals surface area contributed by atoms with Crippen molar-refractivity contribution in [2.75, 3.05) is 32.2 Å². The van der Waals surface area contributed by atoms with E-state index in [1.165, 1.54) is 16.9 Å². The highest BCUT2D eigenvalue weighted by molar-refractivity contribution is 7.15. The molecule has 1 aliphatic heterocycles. The van der Waals surface area contributed by atoms with Crippen molar-refractivity contribution in [3.63, 3.8) is 0 Å². The molecule has 1 aromatic carbocycles. The molecule has 0 aliphatic carbocycles. The molecule has 164 valence electrons. The van der Waals surface area contributed by atoms with E-state index < -0.39 is 5.41 Å². The van der Waals surface area contributed by atoms with E-state index in [0.717, 1.165) is 16.3 Å². The Morgan fingerprint density at radius 1 is 1.23 bits per heavy atom. The molecule has 0 atom stereocenters. The van der Waals surface area contributed by atoms with Crippen molar-refractivity contribution in [2.45, 2.75) is 32.6 Å². The second kappa shape index (κ2) is 9.67. The Balaban J connectivity index is 1.49. The van der Waals surface area contributed by atoms with Gasteiger partial charge in [0.15, 0.2) is 0 Å². The number of rotatable bonds is 8. The Kier molecular flexibility index (Phi) is 6.74. The fraction of sp³-hybridized carbons (Fsp3) is 0.455. The summed E-state index contributed by atoms with van der Waals surface area (Å²) in [5.41, 5.74) is 2.31. The quantitative estimate of drug-likeness (QED) is 0.568. The predicted molar refractivity (Wildman–Crippen MR) is 117 cm³/mol. The molecule has 31 heavy (non-hydrogen) atoms. The summed E-state index contributed by atoms with van der Waals surface area (Å²) in [4.78, 5) is 13.3. The number of aryl methyl sites for hydroxylation is 1. The largest absolute Gasteiger partial charge is 0.384 e. The molecule has 2 aromatic heterocycles. The van der Waals surface area contributed by atoms with Crippen LogP contribution >= 0.6 is 11.3 Å². The Hall–Kier alpha value is -2.62. The lowest BCUT2D eigenvalue weighted by Gasteiger charge is -2.34. The molecule has 3 aromatic rings. The summed E-state index contributed by atoms with van der Waals surface area (Å²) in [5, 5.41) is 16.7. The number of benzene rings is 1. The zero-order valence-corrected chi connectivity index (χ0v) is 18.5. The van der Waals surface area contributed by atoms with Crippen LogP contribution in [0.2, 0.25) is 0 Å². The van der Waals surface area contributed by atoms with Gasteiger partial charge in [0.2, 0.25) is 11.0 Å². The minimum Gasteiger partial charge on any atom is -0.384 e. The van der Waals surface area contributed by atoms with Crippen LogP contribution in [0.15, 0.2) is 34.9 Å². The average Bonchev–Trinajstić information content (AvgIpc) is 3.43. The van der Waals surface area contributed by atoms with E-state index >= 15 is 0 Å². The third-order valence-electron chi connectivity index (χ3n) is 5.56. The van der Waals surface area contributed by atoms with E-state index in [2.05, 4.69) is 20.7 Å². The van der Waals surface area contributed by atoms with E-state index in [0.29, 0.717) is 56.4 Å². The van der Waals surface area contributed by atoms with Gasteiger partial charge in [-0.05, 0) is 19.8 Å². The lowest BCUT2D eigenvalue weighted by atomic mass is 9.75. The van der Waals surface area contributed by atoms with Crippen LogP contribution in [0.25, 0.3) is 11.3 Å². The number of methoxy groups -OCH3 is 1. The molecule has 1 N–H and O–H groups in total. The molecule has 1 fully saturated rings. The lowest BCUT2D eigenvalue weighted by molar-refractivity contribution is -0.131. The van der Waals surface area contributed by atoms with Crippen molar-refractivity contribution in [3.05, 3.63) is 46.7 Å². The van der Waals surface area contributed by atoms with Crippen LogP contribution in [0.5, 0.6) is 0 Å². The summed E-state index contributed by atoms with van der Waals surface area (Å²) in [6, 6.07) is 10.0. The number of carbonyl (C=O) groups excluding carboxylic acids is 1. The van der Waals surface area contributed by atoms with Gasteiger partial charge in [0.25, 0.3) is 0 Å². The topological polar surface area (TPSA) is 99.4 Å². The zero-order chi connectivity index (χ0) is 21.7. The Labute approximate surface area is 185 Å². The van der Waals surface area contributed by atoms with Gasteiger partial charge in [-0.15, -0.1) is 10.2 Å². The van der Waals surface area contributed by atoms with Crippen molar-refractivity contribution in [3.8, 4) is 11.3 Å². The smallest absolute Gasteiger partial charge is 0.233 e. The second-order valence-corrected chi connectivity index (χ2v) is 8.87. The number of amides is 1. The third-order valence-corrected chi connectivity index (χ3v) is 6.46. The number of aromatic nitrogens is 3. The maximum atomic E-state index is 13.3. The van der Waals surface area contributed by atoms with Gasteiger partial charge in [0, 0.05) is 44.8 Å². The van der Waals surface area contributed by atoms with Crippen molar-refractivity contribution >= 4 is 22.4 Å². The number of nitrogens with zero attached hydrogens (tertiary/aromatic N) is 3. The molecule has 4 rings (SSSR count). The van der Waals surface area contributed by atoms with Gasteiger partial charge in [-0.25, -0.2) is 0 Å². The summed E-state index contributed by atoms with van der Waals surface area (Å²) in [7, 11) is 1.65. The molecule has 1 aliphatic rings. The van der Waals surface area contributed by atoms with Crippen LogP contribution < -0.4 is 5.32 Å². The lowest BCUT2D eigenvalue weighted by Crippen LogP contribution is -2.42. The number of anilines is 1. The van der Waals surface area contributed by atoms with Gasteiger partial charge in [0.05, 0.1) is 12.0 Å². The molecule has 0 unspecified atom stereocenters. The van der Waals surface area contributed by atoms with E-state index in [1.807, 2.05) is 37.3 Å². The molecule has 9 heteroatoms. The Bertz CT molecular complexity index is 1010. The van der Waals surface area contributed by atoms with Gasteiger partial charge in [0.1, 0.15) is 16.5 Å². The van der Waals surface area contributed by atoms with Gasteiger partial charge in [-0.3, -0.25) is 4.79 Å². The van der Waals surface area contributed by atoms with E-state index in [1.54, 1.807) is 7.11 Å². The molecule has 8 nitrogen and oxygen atoms in total. The van der Waals surface area contributed by atoms with Crippen LogP contribution in [0.3, 0.4) is 0 Å². The number of hydrogen-bond donors (Lipinski definition) is 1. The summed E-state index contributed by atoms with van der Waals surface area (Å²) < 4.78 is 16.2. The molecule has 0 saturated carbocycles.